The third-order valence-electron chi connectivity index (χ3n) is 3.84. The summed E-state index contributed by atoms with van der Waals surface area (Å²) < 4.78 is 1.02. The zero-order valence-corrected chi connectivity index (χ0v) is 13.2. The molecule has 98 valence electrons. The van der Waals surface area contributed by atoms with Gasteiger partial charge in [0.2, 0.25) is 0 Å². The van der Waals surface area contributed by atoms with Gasteiger partial charge in [-0.2, -0.15) is 0 Å². The summed E-state index contributed by atoms with van der Waals surface area (Å²) in [6.45, 7) is 4.66. The second-order valence-corrected chi connectivity index (χ2v) is 6.93. The molecule has 0 amide bonds. The van der Waals surface area contributed by atoms with E-state index in [1.807, 2.05) is 18.2 Å². The predicted octanol–water partition coefficient (Wildman–Crippen LogP) is 4.07. The average molecular weight is 327 g/mol. The van der Waals surface area contributed by atoms with E-state index in [2.05, 4.69) is 35.1 Å². The van der Waals surface area contributed by atoms with Gasteiger partial charge in [-0.25, -0.2) is 0 Å². The first kappa shape index (κ1) is 13.8. The number of rotatable bonds is 3. The highest BCUT2D eigenvalue weighted by molar-refractivity contribution is 9.10. The van der Waals surface area contributed by atoms with Crippen LogP contribution in [-0.4, -0.2) is 11.0 Å². The Balaban J connectivity index is 2.17. The maximum atomic E-state index is 5.63. The quantitative estimate of drug-likeness (QED) is 0.822. The molecule has 1 saturated carbocycles. The van der Waals surface area contributed by atoms with Gasteiger partial charge in [-0.15, -0.1) is 0 Å². The van der Waals surface area contributed by atoms with Gasteiger partial charge in [0.25, 0.3) is 0 Å². The molecule has 4 heteroatoms. The summed E-state index contributed by atoms with van der Waals surface area (Å²) in [5.74, 6) is 0. The Morgan fingerprint density at radius 2 is 2.22 bits per heavy atom. The number of hydrogen-bond acceptors (Lipinski definition) is 2. The first-order valence-corrected chi connectivity index (χ1v) is 7.46. The molecule has 18 heavy (non-hydrogen) atoms. The average Bonchev–Trinajstić information content (AvgIpc) is 2.61. The standard InChI is InChI=1S/C14H19BrN2S/c1-14(2)7-3-4-12(14)17-11-6-5-9(13(16)18)8-10(11)15/h5-6,8,12,17H,3-4,7H2,1-2H3,(H2,16,18). The molecule has 0 radical (unpaired) electrons. The minimum atomic E-state index is 0.362. The summed E-state index contributed by atoms with van der Waals surface area (Å²) in [5.41, 5.74) is 8.01. The van der Waals surface area contributed by atoms with E-state index in [0.29, 0.717) is 16.4 Å². The van der Waals surface area contributed by atoms with E-state index in [-0.39, 0.29) is 0 Å². The van der Waals surface area contributed by atoms with Crippen molar-refractivity contribution in [2.24, 2.45) is 11.1 Å². The summed E-state index contributed by atoms with van der Waals surface area (Å²) in [4.78, 5) is 0.434. The molecule has 0 bridgehead atoms. The van der Waals surface area contributed by atoms with E-state index >= 15 is 0 Å². The van der Waals surface area contributed by atoms with Crippen molar-refractivity contribution in [3.8, 4) is 0 Å². The molecular weight excluding hydrogens is 308 g/mol. The zero-order valence-electron chi connectivity index (χ0n) is 10.8. The molecule has 0 aliphatic heterocycles. The van der Waals surface area contributed by atoms with Crippen molar-refractivity contribution in [2.45, 2.75) is 39.2 Å². The largest absolute Gasteiger partial charge is 0.389 e. The molecule has 1 aliphatic rings. The zero-order chi connectivity index (χ0) is 13.3. The lowest BCUT2D eigenvalue weighted by molar-refractivity contribution is 0.350. The SMILES string of the molecule is CC1(C)CCCC1Nc1ccc(C(N)=S)cc1Br. The number of halogens is 1. The van der Waals surface area contributed by atoms with Crippen LogP contribution in [-0.2, 0) is 0 Å². The van der Waals surface area contributed by atoms with Crippen LogP contribution in [0, 0.1) is 5.41 Å². The fourth-order valence-electron chi connectivity index (χ4n) is 2.57. The van der Waals surface area contributed by atoms with Crippen LogP contribution < -0.4 is 11.1 Å². The Hall–Kier alpha value is -0.610. The third-order valence-corrected chi connectivity index (χ3v) is 4.73. The van der Waals surface area contributed by atoms with E-state index in [1.54, 1.807) is 0 Å². The van der Waals surface area contributed by atoms with Gasteiger partial charge in [0, 0.05) is 21.8 Å². The summed E-state index contributed by atoms with van der Waals surface area (Å²) >= 11 is 8.56. The number of hydrogen-bond donors (Lipinski definition) is 2. The van der Waals surface area contributed by atoms with Crippen molar-refractivity contribution in [1.29, 1.82) is 0 Å². The van der Waals surface area contributed by atoms with Crippen LogP contribution in [0.25, 0.3) is 0 Å². The van der Waals surface area contributed by atoms with Crippen molar-refractivity contribution in [3.05, 3.63) is 28.2 Å². The molecule has 3 N–H and O–H groups in total. The number of nitrogens with one attached hydrogen (secondary N) is 1. The Kier molecular flexibility index (Phi) is 3.97. The summed E-state index contributed by atoms with van der Waals surface area (Å²) in [6.07, 6.45) is 3.82. The highest BCUT2D eigenvalue weighted by Crippen LogP contribution is 2.40. The topological polar surface area (TPSA) is 38.0 Å². The van der Waals surface area contributed by atoms with E-state index in [0.717, 1.165) is 15.7 Å². The lowest BCUT2D eigenvalue weighted by atomic mass is 9.87. The Bertz CT molecular complexity index is 471. The molecule has 0 heterocycles. The van der Waals surface area contributed by atoms with Gasteiger partial charge in [0.1, 0.15) is 4.99 Å². The van der Waals surface area contributed by atoms with Gasteiger partial charge in [0.05, 0.1) is 0 Å². The maximum Gasteiger partial charge on any atom is 0.104 e. The maximum absolute atomic E-state index is 5.63. The van der Waals surface area contributed by atoms with Gasteiger partial charge in [0.15, 0.2) is 0 Å². The fraction of sp³-hybridized carbons (Fsp3) is 0.500. The van der Waals surface area contributed by atoms with Gasteiger partial charge in [-0.05, 0) is 52.4 Å². The fourth-order valence-corrected chi connectivity index (χ4v) is 3.19. The Morgan fingerprint density at radius 3 is 2.72 bits per heavy atom. The van der Waals surface area contributed by atoms with Crippen LogP contribution >= 0.6 is 28.1 Å². The van der Waals surface area contributed by atoms with Gasteiger partial charge < -0.3 is 11.1 Å². The van der Waals surface area contributed by atoms with E-state index in [4.69, 9.17) is 18.0 Å². The van der Waals surface area contributed by atoms with Crippen LogP contribution in [0.2, 0.25) is 0 Å². The first-order valence-electron chi connectivity index (χ1n) is 6.26. The van der Waals surface area contributed by atoms with Crippen molar-refractivity contribution < 1.29 is 0 Å². The number of benzene rings is 1. The lowest BCUT2D eigenvalue weighted by Crippen LogP contribution is -2.30. The molecule has 0 saturated heterocycles. The van der Waals surface area contributed by atoms with Crippen LogP contribution in [0.3, 0.4) is 0 Å². The molecule has 0 aromatic heterocycles. The Morgan fingerprint density at radius 1 is 1.50 bits per heavy atom. The van der Waals surface area contributed by atoms with Gasteiger partial charge in [-0.3, -0.25) is 0 Å². The van der Waals surface area contributed by atoms with Crippen molar-refractivity contribution >= 4 is 38.8 Å². The molecule has 1 unspecified atom stereocenters. The van der Waals surface area contributed by atoms with Gasteiger partial charge >= 0.3 is 0 Å². The molecule has 0 spiro atoms. The van der Waals surface area contributed by atoms with E-state index < -0.39 is 0 Å². The number of nitrogens with two attached hydrogens (primary N) is 1. The monoisotopic (exact) mass is 326 g/mol. The van der Waals surface area contributed by atoms with E-state index in [1.165, 1.54) is 19.3 Å². The smallest absolute Gasteiger partial charge is 0.104 e. The highest BCUT2D eigenvalue weighted by Gasteiger charge is 2.34. The van der Waals surface area contributed by atoms with Crippen molar-refractivity contribution in [2.75, 3.05) is 5.32 Å². The van der Waals surface area contributed by atoms with Gasteiger partial charge in [-0.1, -0.05) is 32.5 Å². The van der Waals surface area contributed by atoms with E-state index in [9.17, 15) is 0 Å². The van der Waals surface area contributed by atoms with Crippen LogP contribution in [0.15, 0.2) is 22.7 Å². The summed E-state index contributed by atoms with van der Waals surface area (Å²) in [6, 6.07) is 6.53. The Labute approximate surface area is 122 Å². The molecule has 2 rings (SSSR count). The van der Waals surface area contributed by atoms with Crippen LogP contribution in [0.1, 0.15) is 38.7 Å². The van der Waals surface area contributed by atoms with Crippen LogP contribution in [0.4, 0.5) is 5.69 Å². The minimum absolute atomic E-state index is 0.362. The second-order valence-electron chi connectivity index (χ2n) is 5.64. The lowest BCUT2D eigenvalue weighted by Gasteiger charge is -2.29. The number of anilines is 1. The molecule has 1 atom stereocenters. The van der Waals surface area contributed by atoms with Crippen LogP contribution in [0.5, 0.6) is 0 Å². The molecule has 1 aromatic carbocycles. The first-order chi connectivity index (χ1) is 8.40. The third kappa shape index (κ3) is 2.86. The number of thiocarbonyl (C=S) groups is 1. The molecule has 1 fully saturated rings. The van der Waals surface area contributed by atoms with Crippen molar-refractivity contribution in [1.82, 2.24) is 0 Å². The normalized spacial score (nSPS) is 21.8. The van der Waals surface area contributed by atoms with Crippen molar-refractivity contribution in [3.63, 3.8) is 0 Å². The molecule has 2 nitrogen and oxygen atoms in total. The minimum Gasteiger partial charge on any atom is -0.389 e. The molecule has 1 aromatic rings. The summed E-state index contributed by atoms with van der Waals surface area (Å²) in [7, 11) is 0. The highest BCUT2D eigenvalue weighted by atomic mass is 79.9. The molecular formula is C14H19BrN2S. The second kappa shape index (κ2) is 5.17. The predicted molar refractivity (Wildman–Crippen MR) is 85.1 cm³/mol. The summed E-state index contributed by atoms with van der Waals surface area (Å²) in [5, 5.41) is 3.63. The molecule has 1 aliphatic carbocycles.